The molecule has 0 saturated carbocycles. The van der Waals surface area contributed by atoms with E-state index >= 15 is 0 Å². The van der Waals surface area contributed by atoms with E-state index in [9.17, 15) is 13.2 Å². The zero-order valence-electron chi connectivity index (χ0n) is 13.2. The first-order chi connectivity index (χ1) is 11.4. The molecule has 0 aliphatic rings. The van der Waals surface area contributed by atoms with E-state index in [0.29, 0.717) is 22.7 Å². The van der Waals surface area contributed by atoms with Gasteiger partial charge in [-0.25, -0.2) is 8.42 Å². The summed E-state index contributed by atoms with van der Waals surface area (Å²) in [5, 5.41) is 2.84. The minimum absolute atomic E-state index is 0.150. The largest absolute Gasteiger partial charge is 0.494 e. The number of anilines is 2. The number of hydrogen-bond acceptors (Lipinski definition) is 4. The van der Waals surface area contributed by atoms with Crippen LogP contribution in [0.25, 0.3) is 0 Å². The average molecular weight is 413 g/mol. The van der Waals surface area contributed by atoms with Crippen molar-refractivity contribution in [1.29, 1.82) is 0 Å². The number of benzene rings is 2. The number of hydrogen-bond donors (Lipinski definition) is 2. The molecule has 0 radical (unpaired) electrons. The van der Waals surface area contributed by atoms with Gasteiger partial charge < -0.3 is 10.1 Å². The van der Waals surface area contributed by atoms with Crippen LogP contribution >= 0.6 is 15.9 Å². The molecule has 0 bridgehead atoms. The lowest BCUT2D eigenvalue weighted by atomic mass is 10.1. The molecular weight excluding hydrogens is 396 g/mol. The molecule has 0 heterocycles. The minimum Gasteiger partial charge on any atom is -0.494 e. The maximum atomic E-state index is 12.4. The molecule has 24 heavy (non-hydrogen) atoms. The monoisotopic (exact) mass is 412 g/mol. The summed E-state index contributed by atoms with van der Waals surface area (Å²) >= 11 is 3.07. The van der Waals surface area contributed by atoms with Gasteiger partial charge in [0.25, 0.3) is 10.0 Å². The molecule has 0 aromatic heterocycles. The van der Waals surface area contributed by atoms with Gasteiger partial charge in [-0.3, -0.25) is 9.52 Å². The number of ether oxygens (including phenoxy) is 1. The normalized spacial score (nSPS) is 11.0. The van der Waals surface area contributed by atoms with Crippen molar-refractivity contribution in [1.82, 2.24) is 0 Å². The molecule has 0 fully saturated rings. The summed E-state index contributed by atoms with van der Waals surface area (Å²) in [5.41, 5.74) is 1.43. The topological polar surface area (TPSA) is 84.5 Å². The zero-order valence-corrected chi connectivity index (χ0v) is 15.6. The third-order valence-corrected chi connectivity index (χ3v) is 5.19. The highest BCUT2D eigenvalue weighted by Gasteiger charge is 2.18. The van der Waals surface area contributed by atoms with Crippen molar-refractivity contribution in [3.63, 3.8) is 0 Å². The van der Waals surface area contributed by atoms with Crippen LogP contribution in [0.1, 0.15) is 5.56 Å². The molecule has 0 unspecified atom stereocenters. The molecule has 0 aliphatic heterocycles. The number of amides is 1. The van der Waals surface area contributed by atoms with Gasteiger partial charge in [0.15, 0.2) is 0 Å². The number of rotatable bonds is 6. The highest BCUT2D eigenvalue weighted by atomic mass is 79.9. The number of methoxy groups -OCH3 is 1. The smallest absolute Gasteiger partial charge is 0.261 e. The Hall–Kier alpha value is -2.06. The number of sulfonamides is 1. The van der Waals surface area contributed by atoms with Gasteiger partial charge in [0.2, 0.25) is 5.91 Å². The lowest BCUT2D eigenvalue weighted by molar-refractivity contribution is -0.113. The van der Waals surface area contributed by atoms with Crippen molar-refractivity contribution in [2.75, 3.05) is 22.5 Å². The van der Waals surface area contributed by atoms with Crippen molar-refractivity contribution in [2.45, 2.75) is 11.8 Å². The Balaban J connectivity index is 2.37. The lowest BCUT2D eigenvalue weighted by Crippen LogP contribution is -2.16. The third-order valence-electron chi connectivity index (χ3n) is 3.30. The summed E-state index contributed by atoms with van der Waals surface area (Å²) in [7, 11) is -2.24. The first-order valence-corrected chi connectivity index (χ1v) is 9.60. The van der Waals surface area contributed by atoms with E-state index < -0.39 is 10.0 Å². The van der Waals surface area contributed by atoms with Crippen molar-refractivity contribution in [3.05, 3.63) is 48.0 Å². The van der Waals surface area contributed by atoms with E-state index in [1.807, 2.05) is 0 Å². The predicted molar refractivity (Wildman–Crippen MR) is 97.4 cm³/mol. The van der Waals surface area contributed by atoms with Gasteiger partial charge in [-0.2, -0.15) is 0 Å². The molecule has 6 nitrogen and oxygen atoms in total. The molecular formula is C16H17BrN2O4S. The molecule has 2 rings (SSSR count). The number of carbonyl (C=O) groups is 1. The van der Waals surface area contributed by atoms with Gasteiger partial charge in [0.1, 0.15) is 5.75 Å². The van der Waals surface area contributed by atoms with Crippen LogP contribution in [-0.4, -0.2) is 26.8 Å². The molecule has 8 heteroatoms. The van der Waals surface area contributed by atoms with E-state index in [1.165, 1.54) is 19.2 Å². The van der Waals surface area contributed by atoms with E-state index in [-0.39, 0.29) is 16.1 Å². The van der Waals surface area contributed by atoms with E-state index in [0.717, 1.165) is 0 Å². The van der Waals surface area contributed by atoms with Gasteiger partial charge in [-0.1, -0.05) is 34.1 Å². The molecule has 0 spiro atoms. The highest BCUT2D eigenvalue weighted by Crippen LogP contribution is 2.34. The predicted octanol–water partition coefficient (Wildman–Crippen LogP) is 3.14. The number of alkyl halides is 1. The van der Waals surface area contributed by atoms with Gasteiger partial charge >= 0.3 is 0 Å². The second-order valence-corrected chi connectivity index (χ2v) is 7.16. The Morgan fingerprint density at radius 1 is 1.12 bits per heavy atom. The van der Waals surface area contributed by atoms with E-state index in [2.05, 4.69) is 26.0 Å². The Morgan fingerprint density at radius 2 is 1.75 bits per heavy atom. The van der Waals surface area contributed by atoms with E-state index in [1.54, 1.807) is 37.3 Å². The summed E-state index contributed by atoms with van der Waals surface area (Å²) < 4.78 is 32.7. The average Bonchev–Trinajstić information content (AvgIpc) is 2.58. The molecule has 2 aromatic rings. The van der Waals surface area contributed by atoms with Crippen LogP contribution in [0.5, 0.6) is 5.75 Å². The quantitative estimate of drug-likeness (QED) is 0.713. The summed E-state index contributed by atoms with van der Waals surface area (Å²) in [4.78, 5) is 11.7. The fourth-order valence-corrected chi connectivity index (χ4v) is 3.43. The Labute approximate surface area is 149 Å². The summed E-state index contributed by atoms with van der Waals surface area (Å²) in [6.07, 6.45) is 0. The molecule has 128 valence electrons. The van der Waals surface area contributed by atoms with Crippen LogP contribution in [-0.2, 0) is 14.8 Å². The Morgan fingerprint density at radius 3 is 2.33 bits per heavy atom. The van der Waals surface area contributed by atoms with E-state index in [4.69, 9.17) is 4.74 Å². The zero-order chi connectivity index (χ0) is 17.7. The van der Waals surface area contributed by atoms with Crippen molar-refractivity contribution in [3.8, 4) is 5.75 Å². The molecule has 0 aliphatic carbocycles. The van der Waals surface area contributed by atoms with Gasteiger partial charge in [-0.05, 0) is 31.2 Å². The Bertz CT molecular complexity index is 839. The van der Waals surface area contributed by atoms with Crippen LogP contribution in [0.15, 0.2) is 47.4 Å². The van der Waals surface area contributed by atoms with Crippen LogP contribution in [0, 0.1) is 6.92 Å². The second-order valence-electron chi connectivity index (χ2n) is 4.92. The number of nitrogens with one attached hydrogen (secondary N) is 2. The van der Waals surface area contributed by atoms with Crippen LogP contribution in [0.2, 0.25) is 0 Å². The van der Waals surface area contributed by atoms with Crippen LogP contribution in [0.3, 0.4) is 0 Å². The second kappa shape index (κ2) is 7.67. The maximum Gasteiger partial charge on any atom is 0.261 e. The molecule has 2 N–H and O–H groups in total. The summed E-state index contributed by atoms with van der Waals surface area (Å²) in [6, 6.07) is 11.3. The lowest BCUT2D eigenvalue weighted by Gasteiger charge is -2.16. The molecule has 0 saturated heterocycles. The van der Waals surface area contributed by atoms with Gasteiger partial charge in [0.05, 0.1) is 28.7 Å². The fourth-order valence-electron chi connectivity index (χ4n) is 2.15. The third kappa shape index (κ3) is 4.07. The highest BCUT2D eigenvalue weighted by molar-refractivity contribution is 9.09. The Kier molecular flexibility index (Phi) is 5.84. The first kappa shape index (κ1) is 18.3. The van der Waals surface area contributed by atoms with Crippen molar-refractivity contribution in [2.24, 2.45) is 0 Å². The van der Waals surface area contributed by atoms with Crippen molar-refractivity contribution >= 4 is 43.2 Å². The summed E-state index contributed by atoms with van der Waals surface area (Å²) in [5.74, 6) is 0.169. The molecule has 2 aromatic carbocycles. The first-order valence-electron chi connectivity index (χ1n) is 7.00. The van der Waals surface area contributed by atoms with Gasteiger partial charge in [-0.15, -0.1) is 0 Å². The van der Waals surface area contributed by atoms with Crippen molar-refractivity contribution < 1.29 is 17.9 Å². The fraction of sp³-hybridized carbons (Fsp3) is 0.188. The standard InChI is InChI=1S/C16H17BrN2O4S/c1-11-13(19-24(21,22)12-6-4-3-5-7-12)8-9-14(16(11)23-2)18-15(20)10-17/h3-9,19H,10H2,1-2H3,(H,18,20). The maximum absolute atomic E-state index is 12.4. The molecule has 0 atom stereocenters. The summed E-state index contributed by atoms with van der Waals surface area (Å²) in [6.45, 7) is 1.71. The van der Waals surface area contributed by atoms with Crippen LogP contribution in [0.4, 0.5) is 11.4 Å². The minimum atomic E-state index is -3.70. The van der Waals surface area contributed by atoms with Gasteiger partial charge in [0, 0.05) is 5.56 Å². The van der Waals surface area contributed by atoms with Crippen LogP contribution < -0.4 is 14.8 Å². The number of carbonyl (C=O) groups excluding carboxylic acids is 1. The molecule has 1 amide bonds. The number of halogens is 1. The SMILES string of the molecule is COc1c(NC(=O)CBr)ccc(NS(=O)(=O)c2ccccc2)c1C.